The number of Topliss-reactive ketones (excluding diaryl/α,β-unsaturated/α-hetero) is 2. The lowest BCUT2D eigenvalue weighted by Gasteiger charge is -2.16. The highest BCUT2D eigenvalue weighted by molar-refractivity contribution is 6.59. The van der Waals surface area contributed by atoms with Crippen LogP contribution in [0.1, 0.15) is 20.7 Å². The molecule has 0 unspecified atom stereocenters. The van der Waals surface area contributed by atoms with Crippen molar-refractivity contribution in [3.05, 3.63) is 33.3 Å². The van der Waals surface area contributed by atoms with Crippen LogP contribution in [0.5, 0.6) is 11.5 Å². The fourth-order valence-corrected chi connectivity index (χ4v) is 1.82. The van der Waals surface area contributed by atoms with E-state index in [1.807, 2.05) is 0 Å². The van der Waals surface area contributed by atoms with Crippen molar-refractivity contribution in [3.63, 3.8) is 0 Å². The Morgan fingerprint density at radius 1 is 0.812 bits per heavy atom. The Morgan fingerprint density at radius 2 is 1.12 bits per heavy atom. The highest BCUT2D eigenvalue weighted by Crippen LogP contribution is 2.39. The van der Waals surface area contributed by atoms with Gasteiger partial charge < -0.3 is 10.2 Å². The first-order valence-corrected chi connectivity index (χ1v) is 4.90. The standard InChI is InChI=1S/C10H4Cl2O4/c11-7-8(12)10(16)6-4(14)2-1-3(13)5(6)9(7)15/h1-2,13-14H. The number of carbonyl (C=O) groups is 2. The number of aromatic hydroxyl groups is 2. The van der Waals surface area contributed by atoms with Crippen LogP contribution in [0.3, 0.4) is 0 Å². The minimum Gasteiger partial charge on any atom is -0.507 e. The van der Waals surface area contributed by atoms with Gasteiger partial charge in [-0.05, 0) is 12.1 Å². The minimum absolute atomic E-state index is 0.320. The summed E-state index contributed by atoms with van der Waals surface area (Å²) in [5.41, 5.74) is -0.640. The second-order valence-corrected chi connectivity index (χ2v) is 3.90. The monoisotopic (exact) mass is 258 g/mol. The summed E-state index contributed by atoms with van der Waals surface area (Å²) in [6.45, 7) is 0. The molecule has 2 N–H and O–H groups in total. The van der Waals surface area contributed by atoms with Crippen LogP contribution in [0.2, 0.25) is 0 Å². The largest absolute Gasteiger partial charge is 0.507 e. The average molecular weight is 259 g/mol. The predicted octanol–water partition coefficient (Wildman–Crippen LogP) is 2.17. The van der Waals surface area contributed by atoms with Gasteiger partial charge in [-0.15, -0.1) is 0 Å². The molecule has 0 saturated heterocycles. The van der Waals surface area contributed by atoms with Crippen molar-refractivity contribution in [1.82, 2.24) is 0 Å². The van der Waals surface area contributed by atoms with Gasteiger partial charge in [0, 0.05) is 0 Å². The highest BCUT2D eigenvalue weighted by Gasteiger charge is 2.35. The molecule has 1 aliphatic carbocycles. The first-order valence-electron chi connectivity index (χ1n) is 4.14. The van der Waals surface area contributed by atoms with Gasteiger partial charge in [-0.25, -0.2) is 0 Å². The minimum atomic E-state index is -0.783. The van der Waals surface area contributed by atoms with E-state index < -0.39 is 33.1 Å². The number of fused-ring (bicyclic) bond motifs is 1. The van der Waals surface area contributed by atoms with E-state index in [9.17, 15) is 19.8 Å². The van der Waals surface area contributed by atoms with E-state index in [1.165, 1.54) is 0 Å². The maximum atomic E-state index is 11.6. The molecule has 0 atom stereocenters. The molecular formula is C10H4Cl2O4. The Labute approximate surface area is 99.7 Å². The summed E-state index contributed by atoms with van der Waals surface area (Å²) >= 11 is 11.1. The number of halogens is 2. The Bertz CT molecular complexity index is 511. The van der Waals surface area contributed by atoms with Crippen molar-refractivity contribution in [2.45, 2.75) is 0 Å². The molecule has 2 rings (SSSR count). The van der Waals surface area contributed by atoms with Crippen LogP contribution in [0.25, 0.3) is 0 Å². The number of rotatable bonds is 0. The molecule has 0 radical (unpaired) electrons. The molecule has 4 nitrogen and oxygen atoms in total. The molecule has 0 heterocycles. The van der Waals surface area contributed by atoms with Crippen LogP contribution in [0.15, 0.2) is 22.2 Å². The molecule has 1 aliphatic rings. The third-order valence-electron chi connectivity index (χ3n) is 2.21. The van der Waals surface area contributed by atoms with Gasteiger partial charge in [0.1, 0.15) is 21.6 Å². The van der Waals surface area contributed by atoms with Gasteiger partial charge in [0.2, 0.25) is 11.6 Å². The first kappa shape index (κ1) is 11.0. The smallest absolute Gasteiger partial charge is 0.210 e. The number of benzene rings is 1. The molecule has 1 aromatic rings. The number of phenolic OH excluding ortho intramolecular Hbond substituents is 2. The molecule has 0 fully saturated rings. The van der Waals surface area contributed by atoms with Gasteiger partial charge in [0.15, 0.2) is 0 Å². The highest BCUT2D eigenvalue weighted by atomic mass is 35.5. The van der Waals surface area contributed by atoms with Crippen molar-refractivity contribution < 1.29 is 19.8 Å². The van der Waals surface area contributed by atoms with E-state index in [-0.39, 0.29) is 11.1 Å². The lowest BCUT2D eigenvalue weighted by atomic mass is 9.93. The van der Waals surface area contributed by atoms with Gasteiger partial charge in [0.05, 0.1) is 11.1 Å². The molecule has 0 amide bonds. The van der Waals surface area contributed by atoms with Crippen LogP contribution >= 0.6 is 23.2 Å². The van der Waals surface area contributed by atoms with Gasteiger partial charge in [0.25, 0.3) is 0 Å². The molecule has 82 valence electrons. The summed E-state index contributed by atoms with van der Waals surface area (Å²) in [6.07, 6.45) is 0. The Balaban J connectivity index is 2.86. The van der Waals surface area contributed by atoms with Gasteiger partial charge in [-0.1, -0.05) is 23.2 Å². The number of hydrogen-bond donors (Lipinski definition) is 2. The molecule has 6 heteroatoms. The summed E-state index contributed by atoms with van der Waals surface area (Å²) < 4.78 is 0. The lowest BCUT2D eigenvalue weighted by molar-refractivity contribution is 0.0982. The number of hydrogen-bond acceptors (Lipinski definition) is 4. The number of ketones is 2. The summed E-state index contributed by atoms with van der Waals surface area (Å²) in [5.74, 6) is -2.41. The molecule has 0 spiro atoms. The number of carbonyl (C=O) groups excluding carboxylic acids is 2. The number of allylic oxidation sites excluding steroid dienone is 2. The van der Waals surface area contributed by atoms with Crippen molar-refractivity contribution in [2.24, 2.45) is 0 Å². The summed E-state index contributed by atoms with van der Waals surface area (Å²) in [5, 5.41) is 18.0. The van der Waals surface area contributed by atoms with Crippen LogP contribution < -0.4 is 0 Å². The zero-order valence-corrected chi connectivity index (χ0v) is 9.13. The van der Waals surface area contributed by atoms with Crippen LogP contribution in [0.4, 0.5) is 0 Å². The summed E-state index contributed by atoms with van der Waals surface area (Å²) in [4.78, 5) is 23.3. The van der Waals surface area contributed by atoms with Gasteiger partial charge in [-0.2, -0.15) is 0 Å². The third kappa shape index (κ3) is 1.31. The molecule has 1 aromatic carbocycles. The lowest BCUT2D eigenvalue weighted by Crippen LogP contribution is -2.18. The Hall–Kier alpha value is -1.52. The molecule has 16 heavy (non-hydrogen) atoms. The Kier molecular flexibility index (Phi) is 2.40. The Morgan fingerprint density at radius 3 is 1.44 bits per heavy atom. The quantitative estimate of drug-likeness (QED) is 0.700. The van der Waals surface area contributed by atoms with Crippen molar-refractivity contribution in [3.8, 4) is 11.5 Å². The molecule has 0 saturated carbocycles. The molecule has 0 aliphatic heterocycles. The average Bonchev–Trinajstić information content (AvgIpc) is 2.26. The van der Waals surface area contributed by atoms with Gasteiger partial charge >= 0.3 is 0 Å². The maximum absolute atomic E-state index is 11.6. The maximum Gasteiger partial charge on any atom is 0.210 e. The molecule has 0 bridgehead atoms. The SMILES string of the molecule is O=C1C(Cl)=C(Cl)C(=O)c2c(O)ccc(O)c21. The zero-order chi connectivity index (χ0) is 12.0. The molecular weight excluding hydrogens is 255 g/mol. The fraction of sp³-hybridized carbons (Fsp3) is 0. The summed E-state index contributed by atoms with van der Waals surface area (Å²) in [7, 11) is 0. The second-order valence-electron chi connectivity index (χ2n) is 3.14. The van der Waals surface area contributed by atoms with Crippen LogP contribution in [-0.2, 0) is 0 Å². The van der Waals surface area contributed by atoms with E-state index in [2.05, 4.69) is 0 Å². The number of phenols is 2. The molecule has 0 aromatic heterocycles. The van der Waals surface area contributed by atoms with Gasteiger partial charge in [-0.3, -0.25) is 9.59 Å². The van der Waals surface area contributed by atoms with E-state index >= 15 is 0 Å². The van der Waals surface area contributed by atoms with E-state index in [4.69, 9.17) is 23.2 Å². The van der Waals surface area contributed by atoms with E-state index in [0.717, 1.165) is 12.1 Å². The van der Waals surface area contributed by atoms with Crippen LogP contribution in [-0.4, -0.2) is 21.8 Å². The second kappa shape index (κ2) is 3.50. The first-order chi connectivity index (χ1) is 7.45. The third-order valence-corrected chi connectivity index (χ3v) is 3.02. The fourth-order valence-electron chi connectivity index (χ4n) is 1.46. The van der Waals surface area contributed by atoms with Crippen molar-refractivity contribution in [2.75, 3.05) is 0 Å². The van der Waals surface area contributed by atoms with Crippen molar-refractivity contribution >= 4 is 34.8 Å². The predicted molar refractivity (Wildman–Crippen MR) is 57.2 cm³/mol. The zero-order valence-electron chi connectivity index (χ0n) is 7.62. The van der Waals surface area contributed by atoms with E-state index in [0.29, 0.717) is 0 Å². The summed E-state index contributed by atoms with van der Waals surface area (Å²) in [6, 6.07) is 2.20. The van der Waals surface area contributed by atoms with E-state index in [1.54, 1.807) is 0 Å². The normalized spacial score (nSPS) is 15.4. The van der Waals surface area contributed by atoms with Crippen LogP contribution in [0, 0.1) is 0 Å². The van der Waals surface area contributed by atoms with Crippen molar-refractivity contribution in [1.29, 1.82) is 0 Å². The topological polar surface area (TPSA) is 74.6 Å².